The van der Waals surface area contributed by atoms with Gasteiger partial charge in [0.1, 0.15) is 0 Å². The molecule has 8 aromatic carbocycles. The fraction of sp³-hybridized carbons (Fsp3) is 0.0588. The third-order valence-corrected chi connectivity index (χ3v) is 11.1. The standard InChI is InChI=1S/C51H36N2/c1-51(2)46-22-10-9-17-43(46)45-31-38(27-28-47(45)51)36-23-24-37-30-39(26-25-35(37)29-36)48-32-49(53-50(52-48)34-15-7-4-8-16-34)44-21-12-19-41-40(18-11-20-42(41)44)33-13-5-3-6-14-33/h3-32H,1-2H3. The van der Waals surface area contributed by atoms with Gasteiger partial charge in [0.2, 0.25) is 0 Å². The molecule has 0 bridgehead atoms. The van der Waals surface area contributed by atoms with Crippen LogP contribution in [0.4, 0.5) is 0 Å². The van der Waals surface area contributed by atoms with E-state index in [0.717, 1.165) is 28.1 Å². The minimum absolute atomic E-state index is 0.00416. The summed E-state index contributed by atoms with van der Waals surface area (Å²) in [5.41, 5.74) is 15.3. The van der Waals surface area contributed by atoms with Gasteiger partial charge in [0.05, 0.1) is 11.4 Å². The highest BCUT2D eigenvalue weighted by molar-refractivity contribution is 6.04. The summed E-state index contributed by atoms with van der Waals surface area (Å²) in [6.07, 6.45) is 0. The number of aromatic nitrogens is 2. The molecule has 0 N–H and O–H groups in total. The summed E-state index contributed by atoms with van der Waals surface area (Å²) in [6.45, 7) is 4.66. The molecule has 0 atom stereocenters. The van der Waals surface area contributed by atoms with Crippen LogP contribution in [-0.2, 0) is 5.41 Å². The van der Waals surface area contributed by atoms with Crippen molar-refractivity contribution in [3.63, 3.8) is 0 Å². The Morgan fingerprint density at radius 3 is 1.66 bits per heavy atom. The van der Waals surface area contributed by atoms with Crippen LogP contribution in [0.15, 0.2) is 182 Å². The molecule has 10 rings (SSSR count). The van der Waals surface area contributed by atoms with Crippen LogP contribution in [0.25, 0.3) is 88.8 Å². The van der Waals surface area contributed by atoms with Crippen molar-refractivity contribution < 1.29 is 0 Å². The summed E-state index contributed by atoms with van der Waals surface area (Å²) < 4.78 is 0. The summed E-state index contributed by atoms with van der Waals surface area (Å²) >= 11 is 0. The molecule has 0 fully saturated rings. The minimum atomic E-state index is 0.00416. The predicted molar refractivity (Wildman–Crippen MR) is 222 cm³/mol. The van der Waals surface area contributed by atoms with E-state index in [-0.39, 0.29) is 5.41 Å². The Morgan fingerprint density at radius 2 is 0.887 bits per heavy atom. The molecule has 0 aliphatic heterocycles. The van der Waals surface area contributed by atoms with Gasteiger partial charge in [-0.25, -0.2) is 9.97 Å². The van der Waals surface area contributed by atoms with E-state index >= 15 is 0 Å². The zero-order valence-corrected chi connectivity index (χ0v) is 29.7. The van der Waals surface area contributed by atoms with Crippen LogP contribution in [0.5, 0.6) is 0 Å². The van der Waals surface area contributed by atoms with Crippen LogP contribution in [0, 0.1) is 0 Å². The SMILES string of the molecule is CC1(C)c2ccccc2-c2cc(-c3ccc4cc(-c5cc(-c6cccc7c(-c8ccccc8)cccc67)nc(-c6ccccc6)n5)ccc4c3)ccc21. The van der Waals surface area contributed by atoms with Gasteiger partial charge in [0.15, 0.2) is 5.82 Å². The normalized spacial score (nSPS) is 12.9. The van der Waals surface area contributed by atoms with E-state index in [1.165, 1.54) is 66.1 Å². The average Bonchev–Trinajstić information content (AvgIpc) is 3.45. The van der Waals surface area contributed by atoms with Crippen LogP contribution in [-0.4, -0.2) is 9.97 Å². The number of hydrogen-bond donors (Lipinski definition) is 0. The highest BCUT2D eigenvalue weighted by Crippen LogP contribution is 2.49. The molecule has 1 aliphatic rings. The molecule has 0 saturated heterocycles. The first-order valence-corrected chi connectivity index (χ1v) is 18.3. The lowest BCUT2D eigenvalue weighted by Crippen LogP contribution is -2.14. The van der Waals surface area contributed by atoms with E-state index < -0.39 is 0 Å². The van der Waals surface area contributed by atoms with Crippen molar-refractivity contribution in [1.29, 1.82) is 0 Å². The smallest absolute Gasteiger partial charge is 0.160 e. The van der Waals surface area contributed by atoms with Crippen molar-refractivity contribution in [1.82, 2.24) is 9.97 Å². The Labute approximate surface area is 310 Å². The number of rotatable bonds is 5. The molecule has 2 heteroatoms. The quantitative estimate of drug-likeness (QED) is 0.181. The lowest BCUT2D eigenvalue weighted by molar-refractivity contribution is 0.660. The zero-order valence-electron chi connectivity index (χ0n) is 29.7. The van der Waals surface area contributed by atoms with Gasteiger partial charge >= 0.3 is 0 Å². The molecule has 0 amide bonds. The number of hydrogen-bond acceptors (Lipinski definition) is 2. The van der Waals surface area contributed by atoms with E-state index in [0.29, 0.717) is 5.82 Å². The van der Waals surface area contributed by atoms with Crippen molar-refractivity contribution in [2.45, 2.75) is 19.3 Å². The molecule has 250 valence electrons. The highest BCUT2D eigenvalue weighted by Gasteiger charge is 2.35. The Balaban J connectivity index is 1.07. The van der Waals surface area contributed by atoms with Crippen LogP contribution >= 0.6 is 0 Å². The van der Waals surface area contributed by atoms with Gasteiger partial charge in [-0.1, -0.05) is 172 Å². The summed E-state index contributed by atoms with van der Waals surface area (Å²) in [5, 5.41) is 4.75. The molecule has 2 nitrogen and oxygen atoms in total. The third kappa shape index (κ3) is 5.26. The maximum absolute atomic E-state index is 5.20. The summed E-state index contributed by atoms with van der Waals surface area (Å²) in [6, 6.07) is 65.4. The number of nitrogens with zero attached hydrogens (tertiary/aromatic N) is 2. The van der Waals surface area contributed by atoms with Crippen molar-refractivity contribution in [3.05, 3.63) is 193 Å². The molecule has 0 saturated carbocycles. The second kappa shape index (κ2) is 12.3. The molecular weight excluding hydrogens is 641 g/mol. The predicted octanol–water partition coefficient (Wildman–Crippen LogP) is 13.4. The zero-order chi connectivity index (χ0) is 35.5. The fourth-order valence-corrected chi connectivity index (χ4v) is 8.34. The molecule has 0 spiro atoms. The van der Waals surface area contributed by atoms with E-state index in [9.17, 15) is 0 Å². The number of fused-ring (bicyclic) bond motifs is 5. The van der Waals surface area contributed by atoms with Gasteiger partial charge in [-0.2, -0.15) is 0 Å². The summed E-state index contributed by atoms with van der Waals surface area (Å²) in [4.78, 5) is 10.4. The van der Waals surface area contributed by atoms with Crippen LogP contribution < -0.4 is 0 Å². The topological polar surface area (TPSA) is 25.8 Å². The van der Waals surface area contributed by atoms with E-state index in [1.807, 2.05) is 18.2 Å². The first-order chi connectivity index (χ1) is 26.0. The number of benzene rings is 8. The van der Waals surface area contributed by atoms with Crippen LogP contribution in [0.2, 0.25) is 0 Å². The Morgan fingerprint density at radius 1 is 0.340 bits per heavy atom. The second-order valence-electron chi connectivity index (χ2n) is 14.6. The average molecular weight is 677 g/mol. The second-order valence-corrected chi connectivity index (χ2v) is 14.6. The molecule has 9 aromatic rings. The van der Waals surface area contributed by atoms with Gasteiger partial charge < -0.3 is 0 Å². The largest absolute Gasteiger partial charge is 0.228 e. The lowest BCUT2D eigenvalue weighted by atomic mass is 9.82. The Bertz CT molecular complexity index is 2850. The maximum Gasteiger partial charge on any atom is 0.160 e. The molecule has 0 unspecified atom stereocenters. The molecule has 1 aliphatic carbocycles. The van der Waals surface area contributed by atoms with Crippen molar-refractivity contribution in [3.8, 4) is 67.3 Å². The molecular formula is C51H36N2. The highest BCUT2D eigenvalue weighted by atomic mass is 14.9. The van der Waals surface area contributed by atoms with Crippen LogP contribution in [0.3, 0.4) is 0 Å². The summed E-state index contributed by atoms with van der Waals surface area (Å²) in [5.74, 6) is 0.714. The van der Waals surface area contributed by atoms with Crippen molar-refractivity contribution >= 4 is 21.5 Å². The first-order valence-electron chi connectivity index (χ1n) is 18.3. The maximum atomic E-state index is 5.20. The third-order valence-electron chi connectivity index (χ3n) is 11.1. The van der Waals surface area contributed by atoms with Gasteiger partial charge in [-0.3, -0.25) is 0 Å². The van der Waals surface area contributed by atoms with Gasteiger partial charge in [-0.05, 0) is 90.3 Å². The minimum Gasteiger partial charge on any atom is -0.228 e. The molecule has 0 radical (unpaired) electrons. The Kier molecular flexibility index (Phi) is 7.19. The molecule has 1 aromatic heterocycles. The van der Waals surface area contributed by atoms with E-state index in [2.05, 4.69) is 178 Å². The van der Waals surface area contributed by atoms with Gasteiger partial charge in [0, 0.05) is 22.1 Å². The molecule has 53 heavy (non-hydrogen) atoms. The van der Waals surface area contributed by atoms with E-state index in [1.54, 1.807) is 0 Å². The lowest BCUT2D eigenvalue weighted by Gasteiger charge is -2.21. The van der Waals surface area contributed by atoms with Gasteiger partial charge in [0.25, 0.3) is 0 Å². The molecule has 1 heterocycles. The monoisotopic (exact) mass is 676 g/mol. The van der Waals surface area contributed by atoms with Crippen molar-refractivity contribution in [2.75, 3.05) is 0 Å². The van der Waals surface area contributed by atoms with Crippen molar-refractivity contribution in [2.24, 2.45) is 0 Å². The first kappa shape index (κ1) is 31.1. The van der Waals surface area contributed by atoms with E-state index in [4.69, 9.17) is 9.97 Å². The van der Waals surface area contributed by atoms with Crippen LogP contribution in [0.1, 0.15) is 25.0 Å². The van der Waals surface area contributed by atoms with Gasteiger partial charge in [-0.15, -0.1) is 0 Å². The summed E-state index contributed by atoms with van der Waals surface area (Å²) in [7, 11) is 0. The Hall–Kier alpha value is -6.64. The fourth-order valence-electron chi connectivity index (χ4n) is 8.34.